The molecule has 3 heteroatoms. The van der Waals surface area contributed by atoms with Gasteiger partial charge in [0.25, 0.3) is 0 Å². The molecule has 1 aromatic carbocycles. The molecule has 82 valence electrons. The van der Waals surface area contributed by atoms with Crippen LogP contribution in [0.25, 0.3) is 0 Å². The lowest BCUT2D eigenvalue weighted by atomic mass is 10.1. The maximum absolute atomic E-state index is 12.7. The van der Waals surface area contributed by atoms with Gasteiger partial charge in [0.15, 0.2) is 0 Å². The molecule has 1 saturated heterocycles. The second kappa shape index (κ2) is 4.73. The van der Waals surface area contributed by atoms with Gasteiger partial charge in [-0.1, -0.05) is 19.1 Å². The Balaban J connectivity index is 2.06. The average molecular weight is 209 g/mol. The molecule has 1 fully saturated rings. The third kappa shape index (κ3) is 2.55. The molecule has 0 aliphatic carbocycles. The summed E-state index contributed by atoms with van der Waals surface area (Å²) in [5.41, 5.74) is 1.06. The van der Waals surface area contributed by atoms with Crippen LogP contribution in [0.2, 0.25) is 0 Å². The largest absolute Gasteiger partial charge is 0.371 e. The van der Waals surface area contributed by atoms with Gasteiger partial charge in [-0.15, -0.1) is 0 Å². The monoisotopic (exact) mass is 209 g/mol. The average Bonchev–Trinajstić information content (AvgIpc) is 2.30. The van der Waals surface area contributed by atoms with Gasteiger partial charge in [0.2, 0.25) is 0 Å². The van der Waals surface area contributed by atoms with Gasteiger partial charge in [-0.3, -0.25) is 4.90 Å². The Hall–Kier alpha value is -0.930. The first-order chi connectivity index (χ1) is 7.29. The number of halogens is 1. The molecule has 0 unspecified atom stereocenters. The highest BCUT2D eigenvalue weighted by Gasteiger charge is 2.20. The maximum atomic E-state index is 12.7. The van der Waals surface area contributed by atoms with Crippen LogP contribution in [0.15, 0.2) is 24.3 Å². The lowest BCUT2D eigenvalue weighted by molar-refractivity contribution is -0.0281. The fourth-order valence-corrected chi connectivity index (χ4v) is 1.87. The molecule has 0 amide bonds. The van der Waals surface area contributed by atoms with E-state index in [1.54, 1.807) is 12.1 Å². The summed E-state index contributed by atoms with van der Waals surface area (Å²) >= 11 is 0. The quantitative estimate of drug-likeness (QED) is 0.740. The fourth-order valence-electron chi connectivity index (χ4n) is 1.87. The fraction of sp³-hybridized carbons (Fsp3) is 0.500. The summed E-state index contributed by atoms with van der Waals surface area (Å²) in [6.45, 7) is 5.85. The molecule has 1 aliphatic heterocycles. The number of likely N-dealkylation sites (N-methyl/N-ethyl adjacent to an activating group) is 1. The molecule has 2 rings (SSSR count). The zero-order valence-electron chi connectivity index (χ0n) is 8.95. The summed E-state index contributed by atoms with van der Waals surface area (Å²) in [5, 5.41) is 0. The Labute approximate surface area is 89.7 Å². The smallest absolute Gasteiger partial charge is 0.123 e. The van der Waals surface area contributed by atoms with Crippen LogP contribution in [-0.2, 0) is 4.74 Å². The molecule has 0 saturated carbocycles. The van der Waals surface area contributed by atoms with Crippen molar-refractivity contribution in [2.45, 2.75) is 13.0 Å². The summed E-state index contributed by atoms with van der Waals surface area (Å²) in [6.07, 6.45) is 0.0966. The molecule has 0 bridgehead atoms. The predicted molar refractivity (Wildman–Crippen MR) is 57.2 cm³/mol. The van der Waals surface area contributed by atoms with Crippen molar-refractivity contribution in [1.29, 1.82) is 0 Å². The predicted octanol–water partition coefficient (Wildman–Crippen LogP) is 2.22. The van der Waals surface area contributed by atoms with Crippen LogP contribution in [0, 0.1) is 5.82 Å². The SMILES string of the molecule is CCN1CCO[C@H](c2ccc(F)cc2)C1. The molecule has 0 N–H and O–H groups in total. The van der Waals surface area contributed by atoms with E-state index in [1.165, 1.54) is 12.1 Å². The molecule has 1 aliphatic rings. The highest BCUT2D eigenvalue weighted by Crippen LogP contribution is 2.21. The summed E-state index contributed by atoms with van der Waals surface area (Å²) in [4.78, 5) is 2.34. The zero-order valence-corrected chi connectivity index (χ0v) is 8.95. The molecule has 0 aromatic heterocycles. The molecule has 15 heavy (non-hydrogen) atoms. The normalized spacial score (nSPS) is 22.9. The number of hydrogen-bond acceptors (Lipinski definition) is 2. The van der Waals surface area contributed by atoms with Crippen LogP contribution in [0.4, 0.5) is 4.39 Å². The van der Waals surface area contributed by atoms with E-state index in [0.717, 1.165) is 31.8 Å². The first kappa shape index (κ1) is 10.6. The van der Waals surface area contributed by atoms with E-state index in [9.17, 15) is 4.39 Å². The molecule has 0 radical (unpaired) electrons. The van der Waals surface area contributed by atoms with Gasteiger partial charge in [0.05, 0.1) is 12.7 Å². The van der Waals surface area contributed by atoms with Crippen LogP contribution >= 0.6 is 0 Å². The molecule has 1 aromatic rings. The minimum atomic E-state index is -0.193. The van der Waals surface area contributed by atoms with Gasteiger partial charge < -0.3 is 4.74 Å². The Bertz CT molecular complexity index is 312. The molecule has 1 atom stereocenters. The zero-order chi connectivity index (χ0) is 10.7. The lowest BCUT2D eigenvalue weighted by Gasteiger charge is -2.32. The Morgan fingerprint density at radius 2 is 2.13 bits per heavy atom. The molecule has 0 spiro atoms. The van der Waals surface area contributed by atoms with E-state index < -0.39 is 0 Å². The summed E-state index contributed by atoms with van der Waals surface area (Å²) in [6, 6.07) is 6.59. The minimum absolute atomic E-state index is 0.0966. The molecular weight excluding hydrogens is 193 g/mol. The molecule has 1 heterocycles. The van der Waals surface area contributed by atoms with Crippen molar-refractivity contribution in [3.63, 3.8) is 0 Å². The number of benzene rings is 1. The number of hydrogen-bond donors (Lipinski definition) is 0. The standard InChI is InChI=1S/C12H16FNO/c1-2-14-7-8-15-12(9-14)10-3-5-11(13)6-4-10/h3-6,12H,2,7-9H2,1H3/t12-/m0/s1. The first-order valence-corrected chi connectivity index (χ1v) is 5.39. The van der Waals surface area contributed by atoms with E-state index >= 15 is 0 Å². The van der Waals surface area contributed by atoms with Crippen molar-refractivity contribution < 1.29 is 9.13 Å². The number of ether oxygens (including phenoxy) is 1. The number of morpholine rings is 1. The Morgan fingerprint density at radius 3 is 2.80 bits per heavy atom. The van der Waals surface area contributed by atoms with Crippen molar-refractivity contribution in [3.05, 3.63) is 35.6 Å². The van der Waals surface area contributed by atoms with Crippen molar-refractivity contribution in [1.82, 2.24) is 4.90 Å². The van der Waals surface area contributed by atoms with Crippen LogP contribution in [-0.4, -0.2) is 31.1 Å². The van der Waals surface area contributed by atoms with Crippen molar-refractivity contribution >= 4 is 0 Å². The van der Waals surface area contributed by atoms with Crippen LogP contribution < -0.4 is 0 Å². The third-order valence-electron chi connectivity index (χ3n) is 2.84. The van der Waals surface area contributed by atoms with E-state index in [-0.39, 0.29) is 11.9 Å². The van der Waals surface area contributed by atoms with E-state index in [4.69, 9.17) is 4.74 Å². The van der Waals surface area contributed by atoms with E-state index in [0.29, 0.717) is 0 Å². The first-order valence-electron chi connectivity index (χ1n) is 5.39. The Kier molecular flexibility index (Phi) is 3.34. The van der Waals surface area contributed by atoms with Gasteiger partial charge in [-0.05, 0) is 24.2 Å². The van der Waals surface area contributed by atoms with Crippen molar-refractivity contribution in [2.75, 3.05) is 26.2 Å². The third-order valence-corrected chi connectivity index (χ3v) is 2.84. The second-order valence-electron chi connectivity index (χ2n) is 3.80. The summed E-state index contributed by atoms with van der Waals surface area (Å²) < 4.78 is 18.4. The van der Waals surface area contributed by atoms with Crippen molar-refractivity contribution in [2.24, 2.45) is 0 Å². The number of rotatable bonds is 2. The van der Waals surface area contributed by atoms with Crippen molar-refractivity contribution in [3.8, 4) is 0 Å². The minimum Gasteiger partial charge on any atom is -0.371 e. The van der Waals surface area contributed by atoms with Crippen LogP contribution in [0.3, 0.4) is 0 Å². The van der Waals surface area contributed by atoms with Gasteiger partial charge in [0.1, 0.15) is 5.82 Å². The topological polar surface area (TPSA) is 12.5 Å². The number of nitrogens with zero attached hydrogens (tertiary/aromatic N) is 1. The van der Waals surface area contributed by atoms with Gasteiger partial charge >= 0.3 is 0 Å². The highest BCUT2D eigenvalue weighted by atomic mass is 19.1. The van der Waals surface area contributed by atoms with Gasteiger partial charge in [-0.2, -0.15) is 0 Å². The second-order valence-corrected chi connectivity index (χ2v) is 3.80. The van der Waals surface area contributed by atoms with Crippen LogP contribution in [0.5, 0.6) is 0 Å². The van der Waals surface area contributed by atoms with Gasteiger partial charge in [-0.25, -0.2) is 4.39 Å². The van der Waals surface area contributed by atoms with Crippen LogP contribution in [0.1, 0.15) is 18.6 Å². The molecular formula is C12H16FNO. The van der Waals surface area contributed by atoms with E-state index in [1.807, 2.05) is 0 Å². The molecule has 2 nitrogen and oxygen atoms in total. The lowest BCUT2D eigenvalue weighted by Crippen LogP contribution is -2.38. The highest BCUT2D eigenvalue weighted by molar-refractivity contribution is 5.19. The summed E-state index contributed by atoms with van der Waals surface area (Å²) in [7, 11) is 0. The Morgan fingerprint density at radius 1 is 1.40 bits per heavy atom. The van der Waals surface area contributed by atoms with E-state index in [2.05, 4.69) is 11.8 Å². The maximum Gasteiger partial charge on any atom is 0.123 e. The van der Waals surface area contributed by atoms with Gasteiger partial charge in [0, 0.05) is 13.1 Å². The summed E-state index contributed by atoms with van der Waals surface area (Å²) in [5.74, 6) is -0.193.